The van der Waals surface area contributed by atoms with E-state index >= 15 is 0 Å². The predicted molar refractivity (Wildman–Crippen MR) is 75.9 cm³/mol. The summed E-state index contributed by atoms with van der Waals surface area (Å²) in [6, 6.07) is 5.05. The fourth-order valence-corrected chi connectivity index (χ4v) is 2.72. The van der Waals surface area contributed by atoms with E-state index in [0.717, 1.165) is 11.3 Å². The van der Waals surface area contributed by atoms with Crippen LogP contribution in [0.5, 0.6) is 0 Å². The SMILES string of the molecule is CNC(C)(C)c1nc2cc(S(C)(=O)=O)ccc2n1C. The molecule has 0 saturated heterocycles. The van der Waals surface area contributed by atoms with Gasteiger partial charge in [0.1, 0.15) is 5.82 Å². The van der Waals surface area contributed by atoms with Gasteiger partial charge in [-0.1, -0.05) is 0 Å². The van der Waals surface area contributed by atoms with Gasteiger partial charge in [-0.2, -0.15) is 0 Å². The van der Waals surface area contributed by atoms with Crippen molar-refractivity contribution >= 4 is 20.9 Å². The van der Waals surface area contributed by atoms with Crippen LogP contribution in [0.15, 0.2) is 23.1 Å². The summed E-state index contributed by atoms with van der Waals surface area (Å²) in [5.41, 5.74) is 1.34. The number of nitrogens with zero attached hydrogens (tertiary/aromatic N) is 2. The van der Waals surface area contributed by atoms with Crippen LogP contribution in [0.1, 0.15) is 19.7 Å². The van der Waals surface area contributed by atoms with Crippen LogP contribution in [0.2, 0.25) is 0 Å². The number of sulfone groups is 1. The lowest BCUT2D eigenvalue weighted by atomic mass is 10.1. The minimum atomic E-state index is -3.20. The molecular weight excluding hydrogens is 262 g/mol. The van der Waals surface area contributed by atoms with E-state index in [1.165, 1.54) is 6.26 Å². The standard InChI is InChI=1S/C13H19N3O2S/c1-13(2,14-3)12-15-10-8-9(19(5,17)18)6-7-11(10)16(12)4/h6-8,14H,1-5H3. The van der Waals surface area contributed by atoms with Crippen molar-refractivity contribution in [2.75, 3.05) is 13.3 Å². The molecule has 0 spiro atoms. The second-order valence-electron chi connectivity index (χ2n) is 5.29. The summed E-state index contributed by atoms with van der Waals surface area (Å²) in [4.78, 5) is 4.86. The molecule has 104 valence electrons. The lowest BCUT2D eigenvalue weighted by Gasteiger charge is -2.23. The summed E-state index contributed by atoms with van der Waals surface area (Å²) in [7, 11) is 0.607. The number of rotatable bonds is 3. The number of nitrogens with one attached hydrogen (secondary N) is 1. The molecule has 5 nitrogen and oxygen atoms in total. The zero-order valence-electron chi connectivity index (χ0n) is 11.9. The van der Waals surface area contributed by atoms with Crippen molar-refractivity contribution in [3.63, 3.8) is 0 Å². The fraction of sp³-hybridized carbons (Fsp3) is 0.462. The summed E-state index contributed by atoms with van der Waals surface area (Å²) in [5.74, 6) is 0.871. The lowest BCUT2D eigenvalue weighted by Crippen LogP contribution is -2.35. The number of fused-ring (bicyclic) bond motifs is 1. The van der Waals surface area contributed by atoms with Gasteiger partial charge in [0, 0.05) is 13.3 Å². The van der Waals surface area contributed by atoms with Crippen molar-refractivity contribution in [2.24, 2.45) is 7.05 Å². The van der Waals surface area contributed by atoms with Gasteiger partial charge in [-0.25, -0.2) is 13.4 Å². The van der Waals surface area contributed by atoms with Crippen LogP contribution in [0, 0.1) is 0 Å². The number of aryl methyl sites for hydroxylation is 1. The molecule has 0 aliphatic rings. The molecule has 0 radical (unpaired) electrons. The number of hydrogen-bond donors (Lipinski definition) is 1. The van der Waals surface area contributed by atoms with Gasteiger partial charge in [0.05, 0.1) is 21.5 Å². The molecule has 1 N–H and O–H groups in total. The van der Waals surface area contributed by atoms with Crippen LogP contribution in [0.25, 0.3) is 11.0 Å². The Morgan fingerprint density at radius 3 is 2.47 bits per heavy atom. The van der Waals surface area contributed by atoms with Crippen LogP contribution >= 0.6 is 0 Å². The fourth-order valence-electron chi connectivity index (χ4n) is 2.08. The molecule has 6 heteroatoms. The zero-order valence-corrected chi connectivity index (χ0v) is 12.7. The normalized spacial score (nSPS) is 13.1. The van der Waals surface area contributed by atoms with Crippen molar-refractivity contribution in [1.82, 2.24) is 14.9 Å². The van der Waals surface area contributed by atoms with Crippen LogP contribution in [0.4, 0.5) is 0 Å². The highest BCUT2D eigenvalue weighted by Gasteiger charge is 2.24. The van der Waals surface area contributed by atoms with E-state index in [1.54, 1.807) is 18.2 Å². The largest absolute Gasteiger partial charge is 0.330 e. The highest BCUT2D eigenvalue weighted by atomic mass is 32.2. The van der Waals surface area contributed by atoms with Crippen LogP contribution in [-0.2, 0) is 22.4 Å². The molecule has 2 aromatic rings. The van der Waals surface area contributed by atoms with Gasteiger partial charge >= 0.3 is 0 Å². The first-order chi connectivity index (χ1) is 8.66. The Morgan fingerprint density at radius 1 is 1.32 bits per heavy atom. The van der Waals surface area contributed by atoms with E-state index < -0.39 is 9.84 Å². The molecule has 2 rings (SSSR count). The van der Waals surface area contributed by atoms with Crippen molar-refractivity contribution in [3.8, 4) is 0 Å². The Balaban J connectivity index is 2.71. The van der Waals surface area contributed by atoms with Crippen LogP contribution in [0.3, 0.4) is 0 Å². The average Bonchev–Trinajstić information content (AvgIpc) is 2.66. The predicted octanol–water partition coefficient (Wildman–Crippen LogP) is 1.43. The summed E-state index contributed by atoms with van der Waals surface area (Å²) >= 11 is 0. The highest BCUT2D eigenvalue weighted by molar-refractivity contribution is 7.90. The maximum atomic E-state index is 11.6. The minimum Gasteiger partial charge on any atom is -0.330 e. The van der Waals surface area contributed by atoms with E-state index in [4.69, 9.17) is 0 Å². The van der Waals surface area contributed by atoms with Gasteiger partial charge in [0.25, 0.3) is 0 Å². The summed E-state index contributed by atoms with van der Waals surface area (Å²) in [5, 5.41) is 3.20. The highest BCUT2D eigenvalue weighted by Crippen LogP contribution is 2.25. The first-order valence-corrected chi connectivity index (χ1v) is 7.92. The summed E-state index contributed by atoms with van der Waals surface area (Å²) in [6.07, 6.45) is 1.20. The number of benzene rings is 1. The molecule has 1 heterocycles. The summed E-state index contributed by atoms with van der Waals surface area (Å²) in [6.45, 7) is 4.07. The molecular formula is C13H19N3O2S. The maximum absolute atomic E-state index is 11.6. The number of hydrogen-bond acceptors (Lipinski definition) is 4. The zero-order chi connectivity index (χ0) is 14.4. The Kier molecular flexibility index (Phi) is 3.18. The Morgan fingerprint density at radius 2 is 1.95 bits per heavy atom. The van der Waals surface area contributed by atoms with Gasteiger partial charge in [0.2, 0.25) is 0 Å². The first kappa shape index (κ1) is 14.0. The second-order valence-corrected chi connectivity index (χ2v) is 7.31. The first-order valence-electron chi connectivity index (χ1n) is 6.03. The van der Waals surface area contributed by atoms with Crippen molar-refractivity contribution in [2.45, 2.75) is 24.3 Å². The van der Waals surface area contributed by atoms with Crippen molar-refractivity contribution in [1.29, 1.82) is 0 Å². The van der Waals surface area contributed by atoms with Gasteiger partial charge < -0.3 is 9.88 Å². The van der Waals surface area contributed by atoms with Crippen LogP contribution in [-0.4, -0.2) is 31.3 Å². The second kappa shape index (κ2) is 4.31. The summed E-state index contributed by atoms with van der Waals surface area (Å²) < 4.78 is 25.1. The molecule has 0 unspecified atom stereocenters. The monoisotopic (exact) mass is 281 g/mol. The van der Waals surface area contributed by atoms with Gasteiger partial charge in [-0.15, -0.1) is 0 Å². The van der Waals surface area contributed by atoms with Crippen LogP contribution < -0.4 is 5.32 Å². The van der Waals surface area contributed by atoms with E-state index in [-0.39, 0.29) is 5.54 Å². The molecule has 0 fully saturated rings. The van der Waals surface area contributed by atoms with Gasteiger partial charge in [-0.3, -0.25) is 0 Å². The average molecular weight is 281 g/mol. The molecule has 0 bridgehead atoms. The molecule has 0 atom stereocenters. The molecule has 0 saturated carbocycles. The van der Waals surface area contributed by atoms with Gasteiger partial charge in [0.15, 0.2) is 9.84 Å². The Hall–Kier alpha value is -1.40. The lowest BCUT2D eigenvalue weighted by molar-refractivity contribution is 0.407. The smallest absolute Gasteiger partial charge is 0.175 e. The molecule has 19 heavy (non-hydrogen) atoms. The van der Waals surface area contributed by atoms with E-state index in [2.05, 4.69) is 10.3 Å². The van der Waals surface area contributed by atoms with E-state index in [0.29, 0.717) is 10.4 Å². The van der Waals surface area contributed by atoms with Crippen molar-refractivity contribution in [3.05, 3.63) is 24.0 Å². The molecule has 1 aromatic carbocycles. The third-order valence-corrected chi connectivity index (χ3v) is 4.57. The van der Waals surface area contributed by atoms with Gasteiger partial charge in [-0.05, 0) is 39.1 Å². The minimum absolute atomic E-state index is 0.279. The number of aromatic nitrogens is 2. The molecule has 0 amide bonds. The third-order valence-electron chi connectivity index (χ3n) is 3.46. The van der Waals surface area contributed by atoms with E-state index in [1.807, 2.05) is 32.5 Å². The Labute approximate surface area is 113 Å². The van der Waals surface area contributed by atoms with Crippen molar-refractivity contribution < 1.29 is 8.42 Å². The molecule has 0 aliphatic carbocycles. The number of imidazole rings is 1. The quantitative estimate of drug-likeness (QED) is 0.924. The molecule has 1 aromatic heterocycles. The Bertz CT molecular complexity index is 730. The molecule has 0 aliphatic heterocycles. The third kappa shape index (κ3) is 2.37. The topological polar surface area (TPSA) is 64.0 Å². The maximum Gasteiger partial charge on any atom is 0.175 e. The van der Waals surface area contributed by atoms with E-state index in [9.17, 15) is 8.42 Å².